The number of hydrogen-bond acceptors (Lipinski definition) is 2. The lowest BCUT2D eigenvalue weighted by molar-refractivity contribution is 0.0305. The minimum absolute atomic E-state index is 0.719. The molecule has 2 N–H and O–H groups in total. The highest BCUT2D eigenvalue weighted by Gasteiger charge is 2.12. The molecule has 0 saturated heterocycles. The monoisotopic (exact) mass is 278 g/mol. The fourth-order valence-corrected chi connectivity index (χ4v) is 1.54. The summed E-state index contributed by atoms with van der Waals surface area (Å²) in [6, 6.07) is 7.47. The molecule has 66 valence electrons. The molecule has 3 heteroatoms. The van der Waals surface area contributed by atoms with E-state index in [-0.39, 0.29) is 0 Å². The topological polar surface area (TPSA) is 40.5 Å². The maximum Gasteiger partial charge on any atom is 0.105 e. The van der Waals surface area contributed by atoms with Crippen LogP contribution in [0.5, 0.6) is 0 Å². The van der Waals surface area contributed by atoms with Crippen LogP contribution in [-0.4, -0.2) is 16.3 Å². The van der Waals surface area contributed by atoms with Gasteiger partial charge in [0.1, 0.15) is 6.10 Å². The predicted octanol–water partition coefficient (Wildman–Crippen LogP) is 1.71. The molecule has 0 saturated carbocycles. The molecule has 0 spiro atoms. The van der Waals surface area contributed by atoms with E-state index >= 15 is 0 Å². The summed E-state index contributed by atoms with van der Waals surface area (Å²) in [4.78, 5) is 0. The van der Waals surface area contributed by atoms with E-state index < -0.39 is 12.2 Å². The van der Waals surface area contributed by atoms with Crippen molar-refractivity contribution >= 4 is 22.6 Å². The van der Waals surface area contributed by atoms with Crippen LogP contribution in [0.25, 0.3) is 0 Å². The molecule has 0 fully saturated rings. The van der Waals surface area contributed by atoms with E-state index in [1.54, 1.807) is 13.0 Å². The average molecular weight is 278 g/mol. The molecule has 1 aromatic carbocycles. The van der Waals surface area contributed by atoms with Gasteiger partial charge in [-0.05, 0) is 47.2 Å². The Morgan fingerprint density at radius 1 is 1.33 bits per heavy atom. The minimum atomic E-state index is -0.778. The SMILES string of the molecule is C[C@H](O)[C@@H](O)c1cccc(I)c1. The molecule has 0 unspecified atom stereocenters. The van der Waals surface area contributed by atoms with E-state index in [9.17, 15) is 5.11 Å². The van der Waals surface area contributed by atoms with Crippen LogP contribution in [0.3, 0.4) is 0 Å². The molecule has 0 heterocycles. The van der Waals surface area contributed by atoms with Gasteiger partial charge in [0, 0.05) is 3.57 Å². The Labute approximate surface area is 85.4 Å². The fraction of sp³-hybridized carbons (Fsp3) is 0.333. The third-order valence-corrected chi connectivity index (χ3v) is 2.32. The minimum Gasteiger partial charge on any atom is -0.390 e. The van der Waals surface area contributed by atoms with Gasteiger partial charge < -0.3 is 10.2 Å². The van der Waals surface area contributed by atoms with E-state index in [0.29, 0.717) is 0 Å². The van der Waals surface area contributed by atoms with Crippen molar-refractivity contribution in [1.82, 2.24) is 0 Å². The third-order valence-electron chi connectivity index (χ3n) is 1.65. The molecule has 1 aromatic rings. The van der Waals surface area contributed by atoms with Gasteiger partial charge in [-0.3, -0.25) is 0 Å². The molecule has 0 bridgehead atoms. The standard InChI is InChI=1S/C9H11IO2/c1-6(11)9(12)7-3-2-4-8(10)5-7/h2-6,9,11-12H,1H3/t6-,9+/m0/s1. The first-order chi connectivity index (χ1) is 5.61. The van der Waals surface area contributed by atoms with Crippen molar-refractivity contribution in [2.45, 2.75) is 19.1 Å². The van der Waals surface area contributed by atoms with E-state index in [1.807, 2.05) is 18.2 Å². The average Bonchev–Trinajstić information content (AvgIpc) is 2.03. The van der Waals surface area contributed by atoms with Crippen molar-refractivity contribution < 1.29 is 10.2 Å². The molecule has 0 aliphatic carbocycles. The quantitative estimate of drug-likeness (QED) is 0.808. The summed E-state index contributed by atoms with van der Waals surface area (Å²) in [6.45, 7) is 1.57. The molecule has 2 nitrogen and oxygen atoms in total. The van der Waals surface area contributed by atoms with Crippen LogP contribution < -0.4 is 0 Å². The van der Waals surface area contributed by atoms with Crippen LogP contribution in [-0.2, 0) is 0 Å². The van der Waals surface area contributed by atoms with Crippen molar-refractivity contribution in [3.8, 4) is 0 Å². The summed E-state index contributed by atoms with van der Waals surface area (Å²) in [6.07, 6.45) is -1.50. The lowest BCUT2D eigenvalue weighted by Gasteiger charge is -2.13. The normalized spacial score (nSPS) is 15.7. The highest BCUT2D eigenvalue weighted by atomic mass is 127. The Hall–Kier alpha value is -0.130. The zero-order valence-corrected chi connectivity index (χ0v) is 8.89. The lowest BCUT2D eigenvalue weighted by atomic mass is 10.1. The Morgan fingerprint density at radius 3 is 2.50 bits per heavy atom. The highest BCUT2D eigenvalue weighted by molar-refractivity contribution is 14.1. The number of aliphatic hydroxyl groups is 2. The maximum atomic E-state index is 9.47. The summed E-state index contributed by atoms with van der Waals surface area (Å²) >= 11 is 2.17. The second-order valence-corrected chi connectivity index (χ2v) is 3.99. The largest absolute Gasteiger partial charge is 0.390 e. The summed E-state index contributed by atoms with van der Waals surface area (Å²) < 4.78 is 1.06. The summed E-state index contributed by atoms with van der Waals surface area (Å²) in [5.74, 6) is 0. The zero-order valence-electron chi connectivity index (χ0n) is 6.74. The van der Waals surface area contributed by atoms with Crippen LogP contribution in [0.15, 0.2) is 24.3 Å². The van der Waals surface area contributed by atoms with Gasteiger partial charge in [-0.2, -0.15) is 0 Å². The molecule has 0 aliphatic rings. The Kier molecular flexibility index (Phi) is 3.49. The lowest BCUT2D eigenvalue weighted by Crippen LogP contribution is -2.13. The first-order valence-electron chi connectivity index (χ1n) is 3.73. The molecule has 1 rings (SSSR count). The number of halogens is 1. The van der Waals surface area contributed by atoms with Gasteiger partial charge in [-0.1, -0.05) is 12.1 Å². The molecule has 0 amide bonds. The van der Waals surface area contributed by atoms with Crippen molar-refractivity contribution in [3.05, 3.63) is 33.4 Å². The van der Waals surface area contributed by atoms with Crippen molar-refractivity contribution in [2.75, 3.05) is 0 Å². The Balaban J connectivity index is 2.88. The number of benzene rings is 1. The fourth-order valence-electron chi connectivity index (χ4n) is 0.969. The van der Waals surface area contributed by atoms with Crippen molar-refractivity contribution in [1.29, 1.82) is 0 Å². The third kappa shape index (κ3) is 2.43. The molecule has 0 radical (unpaired) electrons. The molecule has 0 aromatic heterocycles. The van der Waals surface area contributed by atoms with Gasteiger partial charge >= 0.3 is 0 Å². The van der Waals surface area contributed by atoms with Crippen LogP contribution >= 0.6 is 22.6 Å². The van der Waals surface area contributed by atoms with Gasteiger partial charge in [0.2, 0.25) is 0 Å². The first-order valence-corrected chi connectivity index (χ1v) is 4.80. The first kappa shape index (κ1) is 9.95. The Bertz CT molecular complexity index is 260. The van der Waals surface area contributed by atoms with Crippen LogP contribution in [0, 0.1) is 3.57 Å². The van der Waals surface area contributed by atoms with E-state index in [2.05, 4.69) is 22.6 Å². The van der Waals surface area contributed by atoms with Crippen LogP contribution in [0.2, 0.25) is 0 Å². The molecule has 12 heavy (non-hydrogen) atoms. The second-order valence-electron chi connectivity index (χ2n) is 2.74. The maximum absolute atomic E-state index is 9.47. The Morgan fingerprint density at radius 2 is 2.00 bits per heavy atom. The summed E-state index contributed by atoms with van der Waals surface area (Å²) in [5.41, 5.74) is 0.761. The van der Waals surface area contributed by atoms with Crippen LogP contribution in [0.4, 0.5) is 0 Å². The molecular weight excluding hydrogens is 267 g/mol. The zero-order chi connectivity index (χ0) is 9.14. The predicted molar refractivity (Wildman–Crippen MR) is 55.8 cm³/mol. The number of hydrogen-bond donors (Lipinski definition) is 2. The van der Waals surface area contributed by atoms with Gasteiger partial charge in [0.05, 0.1) is 6.10 Å². The second kappa shape index (κ2) is 4.20. The molecule has 0 aliphatic heterocycles. The van der Waals surface area contributed by atoms with Gasteiger partial charge in [0.15, 0.2) is 0 Å². The van der Waals surface area contributed by atoms with E-state index in [1.165, 1.54) is 0 Å². The highest BCUT2D eigenvalue weighted by Crippen LogP contribution is 2.18. The van der Waals surface area contributed by atoms with Gasteiger partial charge in [-0.15, -0.1) is 0 Å². The number of rotatable bonds is 2. The smallest absolute Gasteiger partial charge is 0.105 e. The van der Waals surface area contributed by atoms with Gasteiger partial charge in [-0.25, -0.2) is 0 Å². The number of aliphatic hydroxyl groups excluding tert-OH is 2. The van der Waals surface area contributed by atoms with Crippen molar-refractivity contribution in [2.24, 2.45) is 0 Å². The molecule has 2 atom stereocenters. The van der Waals surface area contributed by atoms with E-state index in [4.69, 9.17) is 5.11 Å². The molecular formula is C9H11IO2. The summed E-state index contributed by atoms with van der Waals surface area (Å²) in [5, 5.41) is 18.6. The van der Waals surface area contributed by atoms with Crippen LogP contribution in [0.1, 0.15) is 18.6 Å². The van der Waals surface area contributed by atoms with E-state index in [0.717, 1.165) is 9.13 Å². The summed E-state index contributed by atoms with van der Waals surface area (Å²) in [7, 11) is 0. The van der Waals surface area contributed by atoms with Gasteiger partial charge in [0.25, 0.3) is 0 Å². The van der Waals surface area contributed by atoms with Crippen molar-refractivity contribution in [3.63, 3.8) is 0 Å².